The predicted octanol–water partition coefficient (Wildman–Crippen LogP) is 11.9. The lowest BCUT2D eigenvalue weighted by Crippen LogP contribution is -2.37. The van der Waals surface area contributed by atoms with Gasteiger partial charge in [0.25, 0.3) is 5.82 Å². The van der Waals surface area contributed by atoms with Gasteiger partial charge in [0.15, 0.2) is 0 Å². The van der Waals surface area contributed by atoms with Crippen LogP contribution in [0.1, 0.15) is 200 Å². The molecule has 2 heteroatoms. The van der Waals surface area contributed by atoms with Gasteiger partial charge in [-0.3, -0.25) is 0 Å². The van der Waals surface area contributed by atoms with Crippen LogP contribution in [0.2, 0.25) is 0 Å². The van der Waals surface area contributed by atoms with Gasteiger partial charge in [0.05, 0.1) is 13.1 Å². The molecule has 0 unspecified atom stereocenters. The maximum atomic E-state index is 2.62. The molecule has 0 radical (unpaired) electrons. The standard InChI is InChI=1S/C36H71N2/c1-4-7-10-13-16-19-22-25-28-31-36-37(32-29-26-23-20-17-14-11-8-5-2)34-35-38(36)33-30-27-24-21-18-15-12-9-6-3/h34-35H,4-33H2,1-3H3/q+1. The number of hydrogen-bond acceptors (Lipinski definition) is 0. The van der Waals surface area contributed by atoms with E-state index >= 15 is 0 Å². The van der Waals surface area contributed by atoms with E-state index in [4.69, 9.17) is 0 Å². The highest BCUT2D eigenvalue weighted by molar-refractivity contribution is 4.84. The van der Waals surface area contributed by atoms with E-state index in [1.54, 1.807) is 5.82 Å². The quantitative estimate of drug-likeness (QED) is 0.0689. The molecule has 1 heterocycles. The van der Waals surface area contributed by atoms with E-state index in [9.17, 15) is 0 Å². The minimum Gasteiger partial charge on any atom is -0.234 e. The van der Waals surface area contributed by atoms with E-state index < -0.39 is 0 Å². The van der Waals surface area contributed by atoms with Crippen molar-refractivity contribution in [2.24, 2.45) is 0 Å². The first-order chi connectivity index (χ1) is 18.8. The highest BCUT2D eigenvalue weighted by atomic mass is 15.1. The molecule has 0 amide bonds. The van der Waals surface area contributed by atoms with Crippen LogP contribution in [0.5, 0.6) is 0 Å². The molecule has 1 aromatic rings. The Morgan fingerprint density at radius 3 is 1.26 bits per heavy atom. The Hall–Kier alpha value is -0.790. The molecule has 0 N–H and O–H groups in total. The number of nitrogens with zero attached hydrogens (tertiary/aromatic N) is 2. The molecule has 0 fully saturated rings. The average Bonchev–Trinajstić information content (AvgIpc) is 3.31. The van der Waals surface area contributed by atoms with Crippen LogP contribution in [0, 0.1) is 0 Å². The van der Waals surface area contributed by atoms with Gasteiger partial charge in [0, 0.05) is 6.42 Å². The first-order valence-corrected chi connectivity index (χ1v) is 17.9. The van der Waals surface area contributed by atoms with Gasteiger partial charge in [0.1, 0.15) is 12.4 Å². The Morgan fingerprint density at radius 1 is 0.447 bits per heavy atom. The minimum atomic E-state index is 1.23. The Bertz CT molecular complexity index is 551. The van der Waals surface area contributed by atoms with E-state index in [-0.39, 0.29) is 0 Å². The van der Waals surface area contributed by atoms with Crippen molar-refractivity contribution < 1.29 is 4.57 Å². The molecule has 1 aromatic heterocycles. The fourth-order valence-corrected chi connectivity index (χ4v) is 5.97. The van der Waals surface area contributed by atoms with Crippen molar-refractivity contribution in [1.82, 2.24) is 4.57 Å². The van der Waals surface area contributed by atoms with Crippen molar-refractivity contribution >= 4 is 0 Å². The number of hydrogen-bond donors (Lipinski definition) is 0. The second kappa shape index (κ2) is 27.8. The summed E-state index contributed by atoms with van der Waals surface area (Å²) >= 11 is 0. The Kier molecular flexibility index (Phi) is 25.7. The highest BCUT2D eigenvalue weighted by Gasteiger charge is 2.16. The van der Waals surface area contributed by atoms with Crippen LogP contribution in [-0.4, -0.2) is 4.57 Å². The second-order valence-electron chi connectivity index (χ2n) is 12.3. The molecule has 0 aromatic carbocycles. The van der Waals surface area contributed by atoms with Crippen molar-refractivity contribution in [3.8, 4) is 0 Å². The van der Waals surface area contributed by atoms with Crippen LogP contribution in [-0.2, 0) is 19.5 Å². The SMILES string of the molecule is CCCCCCCCCCCc1n(CCCCCCCCCCC)cc[n+]1CCCCCCCCCCC. The summed E-state index contributed by atoms with van der Waals surface area (Å²) in [6, 6.07) is 0. The van der Waals surface area contributed by atoms with E-state index in [2.05, 4.69) is 42.3 Å². The van der Waals surface area contributed by atoms with Crippen LogP contribution in [0.4, 0.5) is 0 Å². The summed E-state index contributed by atoms with van der Waals surface area (Å²) in [5, 5.41) is 0. The van der Waals surface area contributed by atoms with Crippen molar-refractivity contribution in [3.05, 3.63) is 18.2 Å². The van der Waals surface area contributed by atoms with Crippen molar-refractivity contribution in [2.45, 2.75) is 214 Å². The molecule has 0 bridgehead atoms. The Morgan fingerprint density at radius 2 is 0.816 bits per heavy atom. The lowest BCUT2D eigenvalue weighted by molar-refractivity contribution is -0.704. The number of aromatic nitrogens is 2. The van der Waals surface area contributed by atoms with E-state index in [0.29, 0.717) is 0 Å². The fourth-order valence-electron chi connectivity index (χ4n) is 5.97. The number of imidazole rings is 1. The zero-order valence-electron chi connectivity index (χ0n) is 26.8. The molecular formula is C36H71N2+. The smallest absolute Gasteiger partial charge is 0.234 e. The molecule has 2 nitrogen and oxygen atoms in total. The van der Waals surface area contributed by atoms with Crippen molar-refractivity contribution in [3.63, 3.8) is 0 Å². The number of unbranched alkanes of at least 4 members (excludes halogenated alkanes) is 24. The third-order valence-electron chi connectivity index (χ3n) is 8.60. The van der Waals surface area contributed by atoms with E-state index in [1.165, 1.54) is 193 Å². The summed E-state index contributed by atoms with van der Waals surface area (Å²) in [4.78, 5) is 0. The summed E-state index contributed by atoms with van der Waals surface area (Å²) in [7, 11) is 0. The molecule has 0 spiro atoms. The normalized spacial score (nSPS) is 11.6. The Labute approximate surface area is 240 Å². The van der Waals surface area contributed by atoms with Gasteiger partial charge >= 0.3 is 0 Å². The summed E-state index contributed by atoms with van der Waals surface area (Å²) in [5.74, 6) is 1.62. The first-order valence-electron chi connectivity index (χ1n) is 17.9. The van der Waals surface area contributed by atoms with Crippen LogP contribution in [0.15, 0.2) is 12.4 Å². The third-order valence-corrected chi connectivity index (χ3v) is 8.60. The summed E-state index contributed by atoms with van der Waals surface area (Å²) in [6.45, 7) is 9.39. The van der Waals surface area contributed by atoms with Gasteiger partial charge in [0.2, 0.25) is 0 Å². The number of rotatable bonds is 30. The maximum absolute atomic E-state index is 2.62. The Balaban J connectivity index is 2.35. The molecule has 0 aliphatic heterocycles. The molecule has 224 valence electrons. The maximum Gasteiger partial charge on any atom is 0.256 e. The zero-order chi connectivity index (χ0) is 27.4. The topological polar surface area (TPSA) is 8.81 Å². The lowest BCUT2D eigenvalue weighted by Gasteiger charge is -2.07. The minimum absolute atomic E-state index is 1.23. The van der Waals surface area contributed by atoms with E-state index in [0.717, 1.165) is 0 Å². The van der Waals surface area contributed by atoms with Gasteiger partial charge < -0.3 is 0 Å². The first kappa shape index (κ1) is 35.2. The van der Waals surface area contributed by atoms with Gasteiger partial charge in [-0.2, -0.15) is 0 Å². The second-order valence-corrected chi connectivity index (χ2v) is 12.3. The van der Waals surface area contributed by atoms with Crippen molar-refractivity contribution in [2.75, 3.05) is 0 Å². The molecule has 0 saturated heterocycles. The zero-order valence-corrected chi connectivity index (χ0v) is 26.8. The van der Waals surface area contributed by atoms with Crippen LogP contribution in [0.3, 0.4) is 0 Å². The number of aryl methyl sites for hydroxylation is 2. The molecule has 0 atom stereocenters. The summed E-state index contributed by atoms with van der Waals surface area (Å²) in [5.41, 5.74) is 0. The highest BCUT2D eigenvalue weighted by Crippen LogP contribution is 2.14. The molecule has 1 rings (SSSR count). The molecule has 0 saturated carbocycles. The lowest BCUT2D eigenvalue weighted by atomic mass is 10.1. The summed E-state index contributed by atoms with van der Waals surface area (Å²) < 4.78 is 5.25. The monoisotopic (exact) mass is 532 g/mol. The van der Waals surface area contributed by atoms with Crippen LogP contribution < -0.4 is 4.57 Å². The predicted molar refractivity (Wildman–Crippen MR) is 170 cm³/mol. The largest absolute Gasteiger partial charge is 0.256 e. The van der Waals surface area contributed by atoms with Crippen LogP contribution >= 0.6 is 0 Å². The van der Waals surface area contributed by atoms with Crippen molar-refractivity contribution in [1.29, 1.82) is 0 Å². The van der Waals surface area contributed by atoms with Crippen LogP contribution in [0.25, 0.3) is 0 Å². The molecule has 38 heavy (non-hydrogen) atoms. The summed E-state index contributed by atoms with van der Waals surface area (Å²) in [6.07, 6.45) is 44.4. The van der Waals surface area contributed by atoms with Gasteiger partial charge in [-0.25, -0.2) is 9.13 Å². The molecule has 0 aliphatic rings. The van der Waals surface area contributed by atoms with Gasteiger partial charge in [-0.15, -0.1) is 0 Å². The van der Waals surface area contributed by atoms with E-state index in [1.807, 2.05) is 0 Å². The van der Waals surface area contributed by atoms with Gasteiger partial charge in [-0.1, -0.05) is 162 Å². The molecular weight excluding hydrogens is 460 g/mol. The molecule has 0 aliphatic carbocycles. The third kappa shape index (κ3) is 20.2. The fraction of sp³-hybridized carbons (Fsp3) is 0.917. The van der Waals surface area contributed by atoms with Gasteiger partial charge in [-0.05, 0) is 32.1 Å². The average molecular weight is 532 g/mol.